The molecule has 0 atom stereocenters. The van der Waals surface area contributed by atoms with Gasteiger partial charge < -0.3 is 5.11 Å². The van der Waals surface area contributed by atoms with Crippen LogP contribution in [0, 0.1) is 5.82 Å². The molecule has 150 valence electrons. The van der Waals surface area contributed by atoms with Crippen LogP contribution < -0.4 is 0 Å². The highest BCUT2D eigenvalue weighted by Crippen LogP contribution is 2.27. The van der Waals surface area contributed by atoms with Crippen LogP contribution >= 0.6 is 0 Å². The van der Waals surface area contributed by atoms with E-state index < -0.39 is 27.4 Å². The molecular weight excluding hydrogens is 395 g/mol. The van der Waals surface area contributed by atoms with Crippen molar-refractivity contribution >= 4 is 32.4 Å². The van der Waals surface area contributed by atoms with Gasteiger partial charge in [-0.2, -0.15) is 0 Å². The molecule has 3 aromatic carbocycles. The van der Waals surface area contributed by atoms with Crippen molar-refractivity contribution in [3.63, 3.8) is 0 Å². The van der Waals surface area contributed by atoms with Gasteiger partial charge in [-0.05, 0) is 64.7 Å². The SMILES string of the molecule is CCc1cc(C(=O)c2cc(CC(=O)O)cc3ccc(F)cc23)ccc1S(C)(=O)=O. The minimum absolute atomic E-state index is 0.159. The standard InChI is InChI=1S/C22H19FO5S/c1-3-14-11-16(5-7-20(14)29(2,27)28)22(26)19-9-13(10-21(24)25)8-15-4-6-17(23)12-18(15)19/h4-9,11-12H,3,10H2,1-2H3,(H,24,25). The molecule has 5 nitrogen and oxygen atoms in total. The third kappa shape index (κ3) is 4.35. The number of aliphatic carboxylic acids is 1. The molecular formula is C22H19FO5S. The second-order valence-electron chi connectivity index (χ2n) is 6.86. The Morgan fingerprint density at radius 1 is 1.03 bits per heavy atom. The minimum Gasteiger partial charge on any atom is -0.481 e. The topological polar surface area (TPSA) is 88.5 Å². The molecule has 0 radical (unpaired) electrons. The Labute approximate surface area is 167 Å². The first-order chi connectivity index (χ1) is 13.6. The highest BCUT2D eigenvalue weighted by atomic mass is 32.2. The molecule has 0 aromatic heterocycles. The van der Waals surface area contributed by atoms with Crippen LogP contribution in [-0.2, 0) is 27.5 Å². The fourth-order valence-corrected chi connectivity index (χ4v) is 4.37. The quantitative estimate of drug-likeness (QED) is 0.620. The molecule has 29 heavy (non-hydrogen) atoms. The van der Waals surface area contributed by atoms with Crippen molar-refractivity contribution in [2.24, 2.45) is 0 Å². The van der Waals surface area contributed by atoms with Crippen molar-refractivity contribution in [1.82, 2.24) is 0 Å². The summed E-state index contributed by atoms with van der Waals surface area (Å²) in [7, 11) is -3.44. The predicted molar refractivity (Wildman–Crippen MR) is 108 cm³/mol. The molecule has 0 amide bonds. The summed E-state index contributed by atoms with van der Waals surface area (Å²) < 4.78 is 37.7. The van der Waals surface area contributed by atoms with Crippen molar-refractivity contribution in [3.8, 4) is 0 Å². The van der Waals surface area contributed by atoms with Crippen LogP contribution in [0.1, 0.15) is 34.0 Å². The third-order valence-electron chi connectivity index (χ3n) is 4.68. The molecule has 0 saturated heterocycles. The van der Waals surface area contributed by atoms with Crippen LogP contribution in [0.5, 0.6) is 0 Å². The highest BCUT2D eigenvalue weighted by molar-refractivity contribution is 7.90. The zero-order valence-electron chi connectivity index (χ0n) is 15.9. The summed E-state index contributed by atoms with van der Waals surface area (Å²) in [6.07, 6.45) is 1.24. The van der Waals surface area contributed by atoms with Gasteiger partial charge in [0.1, 0.15) is 5.82 Å². The fourth-order valence-electron chi connectivity index (χ4n) is 3.37. The van der Waals surface area contributed by atoms with Crippen LogP contribution in [0.25, 0.3) is 10.8 Å². The molecule has 7 heteroatoms. The zero-order valence-corrected chi connectivity index (χ0v) is 16.7. The number of carboxylic acids is 1. The van der Waals surface area contributed by atoms with E-state index in [9.17, 15) is 22.4 Å². The van der Waals surface area contributed by atoms with Crippen molar-refractivity contribution in [1.29, 1.82) is 0 Å². The maximum atomic E-state index is 13.8. The summed E-state index contributed by atoms with van der Waals surface area (Å²) in [4.78, 5) is 24.5. The van der Waals surface area contributed by atoms with Gasteiger partial charge in [-0.1, -0.05) is 19.1 Å². The zero-order chi connectivity index (χ0) is 21.3. The number of benzene rings is 3. The molecule has 0 bridgehead atoms. The van der Waals surface area contributed by atoms with Gasteiger partial charge in [-0.25, -0.2) is 12.8 Å². The fraction of sp³-hybridized carbons (Fsp3) is 0.182. The normalized spacial score (nSPS) is 11.6. The number of halogens is 1. The number of sulfone groups is 1. The Balaban J connectivity index is 2.20. The Morgan fingerprint density at radius 2 is 1.76 bits per heavy atom. The van der Waals surface area contributed by atoms with Gasteiger partial charge in [0.2, 0.25) is 0 Å². The van der Waals surface area contributed by atoms with E-state index in [1.807, 2.05) is 0 Å². The maximum Gasteiger partial charge on any atom is 0.307 e. The number of hydrogen-bond donors (Lipinski definition) is 1. The molecule has 1 N–H and O–H groups in total. The minimum atomic E-state index is -3.44. The molecule has 0 aliphatic rings. The third-order valence-corrected chi connectivity index (χ3v) is 5.88. The molecule has 3 aromatic rings. The lowest BCUT2D eigenvalue weighted by Crippen LogP contribution is -2.08. The van der Waals surface area contributed by atoms with Crippen LogP contribution in [0.2, 0.25) is 0 Å². The molecule has 0 aliphatic carbocycles. The summed E-state index contributed by atoms with van der Waals surface area (Å²) in [6, 6.07) is 11.4. The van der Waals surface area contributed by atoms with Gasteiger partial charge in [0.15, 0.2) is 15.6 Å². The van der Waals surface area contributed by atoms with Crippen LogP contribution in [0.4, 0.5) is 4.39 Å². The van der Waals surface area contributed by atoms with E-state index in [1.54, 1.807) is 13.0 Å². The van der Waals surface area contributed by atoms with Crippen molar-refractivity contribution in [3.05, 3.63) is 76.6 Å². The Hall–Kier alpha value is -3.06. The summed E-state index contributed by atoms with van der Waals surface area (Å²) in [6.45, 7) is 1.79. The summed E-state index contributed by atoms with van der Waals surface area (Å²) in [5, 5.41) is 10.0. The molecule has 0 fully saturated rings. The number of rotatable bonds is 6. The van der Waals surface area contributed by atoms with Crippen LogP contribution in [0.3, 0.4) is 0 Å². The monoisotopic (exact) mass is 414 g/mol. The number of hydrogen-bond acceptors (Lipinski definition) is 4. The number of carboxylic acid groups (broad SMARTS) is 1. The van der Waals surface area contributed by atoms with Gasteiger partial charge in [-0.15, -0.1) is 0 Å². The van der Waals surface area contributed by atoms with Crippen LogP contribution in [0.15, 0.2) is 53.4 Å². The second kappa shape index (κ2) is 7.75. The number of carbonyl (C=O) groups excluding carboxylic acids is 1. The van der Waals surface area contributed by atoms with Crippen molar-refractivity contribution in [2.75, 3.05) is 6.26 Å². The van der Waals surface area contributed by atoms with E-state index >= 15 is 0 Å². The average Bonchev–Trinajstić information content (AvgIpc) is 2.65. The van der Waals surface area contributed by atoms with Gasteiger partial charge in [0.25, 0.3) is 0 Å². The summed E-state index contributed by atoms with van der Waals surface area (Å²) >= 11 is 0. The molecule has 0 heterocycles. The number of ketones is 1. The van der Waals surface area contributed by atoms with E-state index in [0.29, 0.717) is 28.3 Å². The van der Waals surface area contributed by atoms with E-state index in [0.717, 1.165) is 6.26 Å². The van der Waals surface area contributed by atoms with Crippen LogP contribution in [-0.4, -0.2) is 31.5 Å². The summed E-state index contributed by atoms with van der Waals surface area (Å²) in [5.41, 5.74) is 1.36. The number of fused-ring (bicyclic) bond motifs is 1. The lowest BCUT2D eigenvalue weighted by molar-refractivity contribution is -0.136. The molecule has 3 rings (SSSR count). The molecule has 0 aliphatic heterocycles. The van der Waals surface area contributed by atoms with Crippen molar-refractivity contribution < 1.29 is 27.5 Å². The second-order valence-corrected chi connectivity index (χ2v) is 8.84. The van der Waals surface area contributed by atoms with E-state index in [1.165, 1.54) is 42.5 Å². The van der Waals surface area contributed by atoms with E-state index in [2.05, 4.69) is 0 Å². The summed E-state index contributed by atoms with van der Waals surface area (Å²) in [5.74, 6) is -1.99. The lowest BCUT2D eigenvalue weighted by Gasteiger charge is -2.12. The number of aryl methyl sites for hydroxylation is 1. The Morgan fingerprint density at radius 3 is 2.38 bits per heavy atom. The highest BCUT2D eigenvalue weighted by Gasteiger charge is 2.19. The first-order valence-electron chi connectivity index (χ1n) is 8.92. The molecule has 0 saturated carbocycles. The smallest absolute Gasteiger partial charge is 0.307 e. The largest absolute Gasteiger partial charge is 0.481 e. The Kier molecular flexibility index (Phi) is 5.53. The van der Waals surface area contributed by atoms with E-state index in [4.69, 9.17) is 5.11 Å². The number of carbonyl (C=O) groups is 2. The van der Waals surface area contributed by atoms with Crippen molar-refractivity contribution in [2.45, 2.75) is 24.7 Å². The van der Waals surface area contributed by atoms with E-state index in [-0.39, 0.29) is 22.4 Å². The predicted octanol–water partition coefficient (Wildman–Crippen LogP) is 3.80. The first kappa shape index (κ1) is 20.7. The Bertz CT molecular complexity index is 1250. The lowest BCUT2D eigenvalue weighted by atomic mass is 9.93. The van der Waals surface area contributed by atoms with Gasteiger partial charge in [0, 0.05) is 17.4 Å². The maximum absolute atomic E-state index is 13.8. The van der Waals surface area contributed by atoms with Gasteiger partial charge >= 0.3 is 5.97 Å². The molecule has 0 unspecified atom stereocenters. The van der Waals surface area contributed by atoms with Gasteiger partial charge in [0.05, 0.1) is 11.3 Å². The molecule has 0 spiro atoms. The average molecular weight is 414 g/mol. The van der Waals surface area contributed by atoms with Gasteiger partial charge in [-0.3, -0.25) is 9.59 Å². The first-order valence-corrected chi connectivity index (χ1v) is 10.8.